The Kier molecular flexibility index (Phi) is 5.32. The van der Waals surface area contributed by atoms with Crippen molar-refractivity contribution in [1.29, 1.82) is 0 Å². The third-order valence-electron chi connectivity index (χ3n) is 6.21. The third kappa shape index (κ3) is 3.94. The minimum atomic E-state index is -1.01. The van der Waals surface area contributed by atoms with Crippen molar-refractivity contribution in [3.05, 3.63) is 72.6 Å². The first-order chi connectivity index (χ1) is 15.5. The summed E-state index contributed by atoms with van der Waals surface area (Å²) in [5.74, 6) is 0.223. The zero-order valence-electron chi connectivity index (χ0n) is 17.8. The van der Waals surface area contributed by atoms with Crippen LogP contribution in [-0.2, 0) is 5.60 Å². The van der Waals surface area contributed by atoms with Gasteiger partial charge in [0.1, 0.15) is 17.2 Å². The van der Waals surface area contributed by atoms with E-state index in [2.05, 4.69) is 20.7 Å². The summed E-state index contributed by atoms with van der Waals surface area (Å²) in [6.45, 7) is 3.64. The molecular formula is C24H25FN6O. The number of hydrogen-bond donors (Lipinski definition) is 3. The fourth-order valence-electron chi connectivity index (χ4n) is 4.27. The van der Waals surface area contributed by atoms with Gasteiger partial charge in [0.2, 0.25) is 0 Å². The Morgan fingerprint density at radius 1 is 1.19 bits per heavy atom. The Morgan fingerprint density at radius 2 is 2.03 bits per heavy atom. The zero-order chi connectivity index (χ0) is 22.1. The lowest BCUT2D eigenvalue weighted by Crippen LogP contribution is -2.40. The molecule has 1 unspecified atom stereocenters. The number of fused-ring (bicyclic) bond motifs is 1. The molecular weight excluding hydrogens is 407 g/mol. The lowest BCUT2D eigenvalue weighted by Gasteiger charge is -2.35. The van der Waals surface area contributed by atoms with Crippen molar-refractivity contribution in [1.82, 2.24) is 25.1 Å². The average Bonchev–Trinajstić information content (AvgIpc) is 3.35. The van der Waals surface area contributed by atoms with Crippen molar-refractivity contribution in [2.45, 2.75) is 25.4 Å². The highest BCUT2D eigenvalue weighted by Crippen LogP contribution is 2.35. The largest absolute Gasteiger partial charge is 0.384 e. The van der Waals surface area contributed by atoms with E-state index in [0.717, 1.165) is 31.3 Å². The maximum absolute atomic E-state index is 14.7. The Bertz CT molecular complexity index is 1230. The molecule has 32 heavy (non-hydrogen) atoms. The van der Waals surface area contributed by atoms with Crippen LogP contribution in [0.1, 0.15) is 25.5 Å². The van der Waals surface area contributed by atoms with Gasteiger partial charge in [0.15, 0.2) is 0 Å². The summed E-state index contributed by atoms with van der Waals surface area (Å²) in [5, 5.41) is 22.6. The van der Waals surface area contributed by atoms with Gasteiger partial charge in [-0.05, 0) is 69.1 Å². The smallest absolute Gasteiger partial charge is 0.148 e. The van der Waals surface area contributed by atoms with E-state index in [0.29, 0.717) is 28.4 Å². The highest BCUT2D eigenvalue weighted by molar-refractivity contribution is 5.81. The molecule has 0 aliphatic carbocycles. The molecule has 0 amide bonds. The lowest BCUT2D eigenvalue weighted by molar-refractivity contribution is -0.0221. The Hall–Kier alpha value is -3.36. The summed E-state index contributed by atoms with van der Waals surface area (Å²) in [6.07, 6.45) is 6.92. The SMILES string of the molecule is CC(O)(c1ccc2cnc(Nc3ccc(-n4cccn4)cc3F)cc2n1)C1CCNCC1. The van der Waals surface area contributed by atoms with Crippen LogP contribution < -0.4 is 10.6 Å². The van der Waals surface area contributed by atoms with Crippen LogP contribution in [0.25, 0.3) is 16.6 Å². The number of rotatable bonds is 5. The average molecular weight is 433 g/mol. The fraction of sp³-hybridized carbons (Fsp3) is 0.292. The molecule has 0 saturated carbocycles. The molecule has 1 aromatic carbocycles. The van der Waals surface area contributed by atoms with E-state index in [9.17, 15) is 9.50 Å². The van der Waals surface area contributed by atoms with Gasteiger partial charge >= 0.3 is 0 Å². The number of nitrogens with one attached hydrogen (secondary N) is 2. The second kappa shape index (κ2) is 8.29. The molecule has 7 nitrogen and oxygen atoms in total. The van der Waals surface area contributed by atoms with E-state index in [-0.39, 0.29) is 5.92 Å². The van der Waals surface area contributed by atoms with E-state index < -0.39 is 11.4 Å². The topological polar surface area (TPSA) is 87.9 Å². The van der Waals surface area contributed by atoms with E-state index >= 15 is 0 Å². The predicted octanol–water partition coefficient (Wildman–Crippen LogP) is 3.91. The van der Waals surface area contributed by atoms with Crippen LogP contribution in [0.2, 0.25) is 0 Å². The number of halogens is 1. The van der Waals surface area contributed by atoms with E-state index in [1.807, 2.05) is 19.1 Å². The summed E-state index contributed by atoms with van der Waals surface area (Å²) >= 11 is 0. The Labute approximate surface area is 185 Å². The minimum Gasteiger partial charge on any atom is -0.384 e. The van der Waals surface area contributed by atoms with Gasteiger partial charge < -0.3 is 15.7 Å². The number of benzene rings is 1. The van der Waals surface area contributed by atoms with Crippen LogP contribution >= 0.6 is 0 Å². The summed E-state index contributed by atoms with van der Waals surface area (Å²) in [4.78, 5) is 9.13. The van der Waals surface area contributed by atoms with Gasteiger partial charge in [-0.3, -0.25) is 0 Å². The molecule has 1 saturated heterocycles. The number of anilines is 2. The quantitative estimate of drug-likeness (QED) is 0.443. The predicted molar refractivity (Wildman–Crippen MR) is 122 cm³/mol. The Balaban J connectivity index is 1.42. The van der Waals surface area contributed by atoms with Crippen molar-refractivity contribution in [3.63, 3.8) is 0 Å². The number of hydrogen-bond acceptors (Lipinski definition) is 6. The second-order valence-electron chi connectivity index (χ2n) is 8.37. The van der Waals surface area contributed by atoms with Gasteiger partial charge in [0.05, 0.1) is 22.6 Å². The Morgan fingerprint density at radius 3 is 2.78 bits per heavy atom. The summed E-state index contributed by atoms with van der Waals surface area (Å²) in [7, 11) is 0. The van der Waals surface area contributed by atoms with Crippen LogP contribution in [0.3, 0.4) is 0 Å². The summed E-state index contributed by atoms with van der Waals surface area (Å²) < 4.78 is 16.3. The lowest BCUT2D eigenvalue weighted by atomic mass is 9.80. The van der Waals surface area contributed by atoms with Crippen molar-refractivity contribution in [2.75, 3.05) is 18.4 Å². The number of pyridine rings is 2. The van der Waals surface area contributed by atoms with Crippen molar-refractivity contribution in [3.8, 4) is 5.69 Å². The molecule has 0 radical (unpaired) electrons. The fourth-order valence-corrected chi connectivity index (χ4v) is 4.27. The molecule has 1 fully saturated rings. The summed E-state index contributed by atoms with van der Waals surface area (Å²) in [5.41, 5.74) is 1.27. The first-order valence-electron chi connectivity index (χ1n) is 10.8. The second-order valence-corrected chi connectivity index (χ2v) is 8.37. The van der Waals surface area contributed by atoms with Gasteiger partial charge in [-0.25, -0.2) is 19.0 Å². The number of aliphatic hydroxyl groups is 1. The van der Waals surface area contributed by atoms with Crippen molar-refractivity contribution >= 4 is 22.4 Å². The normalized spacial score (nSPS) is 16.7. The van der Waals surface area contributed by atoms with Crippen LogP contribution in [0.5, 0.6) is 0 Å². The highest BCUT2D eigenvalue weighted by Gasteiger charge is 2.35. The summed E-state index contributed by atoms with van der Waals surface area (Å²) in [6, 6.07) is 12.2. The number of piperidine rings is 1. The molecule has 5 rings (SSSR count). The maximum atomic E-state index is 14.7. The maximum Gasteiger partial charge on any atom is 0.148 e. The standard InChI is InChI=1S/C24H25FN6O/c1-24(32,17-7-10-26-11-8-17)22-6-3-16-15-27-23(14-21(16)29-22)30-20-5-4-18(13-19(20)25)31-12-2-9-28-31/h2-6,9,12-15,17,26,32H,7-8,10-11H2,1H3,(H,27,30). The van der Waals surface area contributed by atoms with Gasteiger partial charge in [-0.1, -0.05) is 0 Å². The molecule has 4 heterocycles. The first-order valence-corrected chi connectivity index (χ1v) is 10.8. The molecule has 8 heteroatoms. The molecule has 0 bridgehead atoms. The van der Waals surface area contributed by atoms with Crippen LogP contribution in [0, 0.1) is 11.7 Å². The van der Waals surface area contributed by atoms with Gasteiger partial charge in [-0.2, -0.15) is 5.10 Å². The molecule has 164 valence electrons. The number of nitrogens with zero attached hydrogens (tertiary/aromatic N) is 4. The zero-order valence-corrected chi connectivity index (χ0v) is 17.8. The van der Waals surface area contributed by atoms with E-state index in [1.54, 1.807) is 47.5 Å². The van der Waals surface area contributed by atoms with E-state index in [1.165, 1.54) is 6.07 Å². The molecule has 1 aliphatic rings. The van der Waals surface area contributed by atoms with Crippen LogP contribution in [-0.4, -0.2) is 37.9 Å². The number of aromatic nitrogens is 4. The van der Waals surface area contributed by atoms with Crippen molar-refractivity contribution in [2.24, 2.45) is 5.92 Å². The molecule has 3 N–H and O–H groups in total. The van der Waals surface area contributed by atoms with Crippen LogP contribution in [0.15, 0.2) is 61.1 Å². The highest BCUT2D eigenvalue weighted by atomic mass is 19.1. The third-order valence-corrected chi connectivity index (χ3v) is 6.21. The molecule has 1 atom stereocenters. The molecule has 4 aromatic rings. The minimum absolute atomic E-state index is 0.149. The van der Waals surface area contributed by atoms with E-state index in [4.69, 9.17) is 4.98 Å². The monoisotopic (exact) mass is 432 g/mol. The first kappa shape index (κ1) is 20.5. The van der Waals surface area contributed by atoms with Gasteiger partial charge in [0, 0.05) is 36.1 Å². The van der Waals surface area contributed by atoms with Gasteiger partial charge in [-0.15, -0.1) is 0 Å². The van der Waals surface area contributed by atoms with Crippen LogP contribution in [0.4, 0.5) is 15.9 Å². The molecule has 0 spiro atoms. The van der Waals surface area contributed by atoms with Gasteiger partial charge in [0.25, 0.3) is 0 Å². The molecule has 3 aromatic heterocycles. The van der Waals surface area contributed by atoms with Crippen molar-refractivity contribution < 1.29 is 9.50 Å². The molecule has 1 aliphatic heterocycles.